The van der Waals surface area contributed by atoms with E-state index in [1.807, 2.05) is 25.1 Å². The Balaban J connectivity index is 1.61. The summed E-state index contributed by atoms with van der Waals surface area (Å²) in [5.41, 5.74) is 2.94. The van der Waals surface area contributed by atoms with Crippen LogP contribution in [0.5, 0.6) is 0 Å². The molecule has 0 radical (unpaired) electrons. The fourth-order valence-electron chi connectivity index (χ4n) is 2.65. The van der Waals surface area contributed by atoms with Crippen molar-refractivity contribution in [3.8, 4) is 0 Å². The highest BCUT2D eigenvalue weighted by molar-refractivity contribution is 6.05. The first-order chi connectivity index (χ1) is 13.0. The third-order valence-corrected chi connectivity index (χ3v) is 4.19. The first-order valence-electron chi connectivity index (χ1n) is 8.53. The minimum atomic E-state index is -0.355. The fraction of sp³-hybridized carbons (Fsp3) is 0.0909. The van der Waals surface area contributed by atoms with Crippen LogP contribution in [0.2, 0.25) is 0 Å². The lowest BCUT2D eigenvalue weighted by Crippen LogP contribution is -2.23. The number of nitrogens with one attached hydrogen (secondary N) is 2. The van der Waals surface area contributed by atoms with Crippen LogP contribution in [0, 0.1) is 12.7 Å². The Hall–Kier alpha value is -3.47. The fourth-order valence-corrected chi connectivity index (χ4v) is 2.65. The van der Waals surface area contributed by atoms with Gasteiger partial charge < -0.3 is 10.6 Å². The molecule has 3 aromatic rings. The molecular weight excluding hydrogens is 343 g/mol. The zero-order chi connectivity index (χ0) is 19.2. The molecule has 3 aromatic carbocycles. The molecule has 0 aromatic heterocycles. The number of anilines is 1. The zero-order valence-corrected chi connectivity index (χ0v) is 14.8. The van der Waals surface area contributed by atoms with Crippen LogP contribution in [-0.4, -0.2) is 11.8 Å². The maximum absolute atomic E-state index is 13.6. The van der Waals surface area contributed by atoms with E-state index in [9.17, 15) is 14.0 Å². The van der Waals surface area contributed by atoms with E-state index in [2.05, 4.69) is 10.6 Å². The van der Waals surface area contributed by atoms with E-state index in [0.29, 0.717) is 22.4 Å². The maximum atomic E-state index is 13.6. The normalized spacial score (nSPS) is 10.3. The second-order valence-electron chi connectivity index (χ2n) is 6.12. The second-order valence-corrected chi connectivity index (χ2v) is 6.12. The van der Waals surface area contributed by atoms with Crippen LogP contribution in [0.4, 0.5) is 10.1 Å². The third kappa shape index (κ3) is 4.58. The average Bonchev–Trinajstić information content (AvgIpc) is 2.68. The topological polar surface area (TPSA) is 58.2 Å². The van der Waals surface area contributed by atoms with Gasteiger partial charge in [-0.25, -0.2) is 4.39 Å². The molecule has 0 heterocycles. The van der Waals surface area contributed by atoms with Crippen molar-refractivity contribution in [2.45, 2.75) is 13.5 Å². The van der Waals surface area contributed by atoms with Crippen LogP contribution in [0.1, 0.15) is 31.8 Å². The highest BCUT2D eigenvalue weighted by atomic mass is 19.1. The van der Waals surface area contributed by atoms with Gasteiger partial charge >= 0.3 is 0 Å². The maximum Gasteiger partial charge on any atom is 0.255 e. The van der Waals surface area contributed by atoms with E-state index >= 15 is 0 Å². The number of halogens is 1. The van der Waals surface area contributed by atoms with Crippen molar-refractivity contribution in [2.75, 3.05) is 5.32 Å². The van der Waals surface area contributed by atoms with Crippen LogP contribution >= 0.6 is 0 Å². The summed E-state index contributed by atoms with van der Waals surface area (Å²) in [6.45, 7) is 1.98. The lowest BCUT2D eigenvalue weighted by atomic mass is 10.1. The van der Waals surface area contributed by atoms with Gasteiger partial charge in [0.1, 0.15) is 5.82 Å². The predicted molar refractivity (Wildman–Crippen MR) is 103 cm³/mol. The van der Waals surface area contributed by atoms with Crippen molar-refractivity contribution >= 4 is 17.5 Å². The van der Waals surface area contributed by atoms with Crippen molar-refractivity contribution in [3.05, 3.63) is 101 Å². The summed E-state index contributed by atoms with van der Waals surface area (Å²) in [7, 11) is 0. The van der Waals surface area contributed by atoms with E-state index in [1.165, 1.54) is 6.07 Å². The molecule has 0 fully saturated rings. The molecule has 0 aliphatic heterocycles. The van der Waals surface area contributed by atoms with Crippen LogP contribution in [0.3, 0.4) is 0 Å². The predicted octanol–water partition coefficient (Wildman–Crippen LogP) is 4.32. The molecular formula is C22H19FN2O2. The molecule has 27 heavy (non-hydrogen) atoms. The molecule has 0 bridgehead atoms. The van der Waals surface area contributed by atoms with Gasteiger partial charge in [0.2, 0.25) is 0 Å². The lowest BCUT2D eigenvalue weighted by molar-refractivity contribution is 0.0950. The van der Waals surface area contributed by atoms with Gasteiger partial charge in [-0.1, -0.05) is 36.4 Å². The summed E-state index contributed by atoms with van der Waals surface area (Å²) >= 11 is 0. The first-order valence-corrected chi connectivity index (χ1v) is 8.53. The number of benzene rings is 3. The molecule has 2 N–H and O–H groups in total. The minimum Gasteiger partial charge on any atom is -0.348 e. The van der Waals surface area contributed by atoms with Gasteiger partial charge in [-0.05, 0) is 48.9 Å². The quantitative estimate of drug-likeness (QED) is 0.710. The van der Waals surface area contributed by atoms with Crippen molar-refractivity contribution < 1.29 is 14.0 Å². The lowest BCUT2D eigenvalue weighted by Gasteiger charge is -2.09. The number of carbonyl (C=O) groups excluding carboxylic acids is 2. The highest BCUT2D eigenvalue weighted by Crippen LogP contribution is 2.14. The number of carbonyl (C=O) groups is 2. The number of rotatable bonds is 5. The smallest absolute Gasteiger partial charge is 0.255 e. The first kappa shape index (κ1) is 18.3. The largest absolute Gasteiger partial charge is 0.348 e. The summed E-state index contributed by atoms with van der Waals surface area (Å²) in [6.07, 6.45) is 0. The molecule has 0 spiro atoms. The number of hydrogen-bond acceptors (Lipinski definition) is 2. The monoisotopic (exact) mass is 362 g/mol. The van der Waals surface area contributed by atoms with Gasteiger partial charge in [-0.15, -0.1) is 0 Å². The van der Waals surface area contributed by atoms with Gasteiger partial charge in [0.25, 0.3) is 11.8 Å². The van der Waals surface area contributed by atoms with Gasteiger partial charge in [-0.2, -0.15) is 0 Å². The second kappa shape index (κ2) is 8.27. The van der Waals surface area contributed by atoms with E-state index in [1.54, 1.807) is 48.5 Å². The molecule has 0 atom stereocenters. The summed E-state index contributed by atoms with van der Waals surface area (Å²) in [5.74, 6) is -0.869. The summed E-state index contributed by atoms with van der Waals surface area (Å²) in [4.78, 5) is 24.5. The van der Waals surface area contributed by atoms with Gasteiger partial charge in [0.15, 0.2) is 0 Å². The molecule has 4 nitrogen and oxygen atoms in total. The van der Waals surface area contributed by atoms with Crippen LogP contribution in [0.25, 0.3) is 0 Å². The van der Waals surface area contributed by atoms with E-state index in [-0.39, 0.29) is 24.2 Å². The Morgan fingerprint density at radius 2 is 1.52 bits per heavy atom. The van der Waals surface area contributed by atoms with E-state index in [4.69, 9.17) is 0 Å². The molecule has 0 aliphatic rings. The zero-order valence-electron chi connectivity index (χ0n) is 14.8. The highest BCUT2D eigenvalue weighted by Gasteiger charge is 2.10. The molecule has 0 aliphatic carbocycles. The molecule has 0 unspecified atom stereocenters. The van der Waals surface area contributed by atoms with Crippen LogP contribution in [-0.2, 0) is 6.54 Å². The van der Waals surface area contributed by atoms with Gasteiger partial charge in [-0.3, -0.25) is 9.59 Å². The summed E-state index contributed by atoms with van der Waals surface area (Å²) < 4.78 is 13.6. The minimum absolute atomic E-state index is 0.108. The van der Waals surface area contributed by atoms with E-state index in [0.717, 1.165) is 5.56 Å². The Kier molecular flexibility index (Phi) is 5.61. The number of aryl methyl sites for hydroxylation is 1. The van der Waals surface area contributed by atoms with Crippen molar-refractivity contribution in [2.24, 2.45) is 0 Å². The Morgan fingerprint density at radius 1 is 0.852 bits per heavy atom. The van der Waals surface area contributed by atoms with Crippen LogP contribution < -0.4 is 10.6 Å². The average molecular weight is 362 g/mol. The standard InChI is InChI=1S/C22H19FN2O2/c1-15-6-2-4-8-19(15)22(27)25-18-12-10-16(11-13-18)21(26)24-14-17-7-3-5-9-20(17)23/h2-13H,14H2,1H3,(H,24,26)(H,25,27). The van der Waals surface area contributed by atoms with Gasteiger partial charge in [0, 0.05) is 28.9 Å². The Bertz CT molecular complexity index is 968. The van der Waals surface area contributed by atoms with Crippen LogP contribution in [0.15, 0.2) is 72.8 Å². The summed E-state index contributed by atoms with van der Waals surface area (Å²) in [6, 6.07) is 20.2. The van der Waals surface area contributed by atoms with Crippen molar-refractivity contribution in [1.29, 1.82) is 0 Å². The van der Waals surface area contributed by atoms with E-state index < -0.39 is 0 Å². The summed E-state index contributed by atoms with van der Waals surface area (Å²) in [5, 5.41) is 5.49. The molecule has 5 heteroatoms. The van der Waals surface area contributed by atoms with Crippen molar-refractivity contribution in [1.82, 2.24) is 5.32 Å². The Labute approximate surface area is 157 Å². The SMILES string of the molecule is Cc1ccccc1C(=O)Nc1ccc(C(=O)NCc2ccccc2F)cc1. The van der Waals surface area contributed by atoms with Gasteiger partial charge in [0.05, 0.1) is 0 Å². The number of hydrogen-bond donors (Lipinski definition) is 2. The number of amides is 2. The molecule has 0 saturated heterocycles. The Morgan fingerprint density at radius 3 is 2.22 bits per heavy atom. The van der Waals surface area contributed by atoms with Crippen molar-refractivity contribution in [3.63, 3.8) is 0 Å². The molecule has 136 valence electrons. The molecule has 0 saturated carbocycles. The molecule has 2 amide bonds. The molecule has 3 rings (SSSR count). The third-order valence-electron chi connectivity index (χ3n) is 4.19.